The van der Waals surface area contributed by atoms with Crippen LogP contribution in [0, 0.1) is 6.92 Å². The van der Waals surface area contributed by atoms with E-state index >= 15 is 0 Å². The largest absolute Gasteiger partial charge is 0.366 e. The third-order valence-electron chi connectivity index (χ3n) is 2.20. The first kappa shape index (κ1) is 12.9. The molecule has 90 valence electrons. The predicted octanol–water partition coefficient (Wildman–Crippen LogP) is 1.01. The summed E-state index contributed by atoms with van der Waals surface area (Å²) in [5.74, 6) is -1.17. The molecule has 1 aromatic carbocycles. The zero-order chi connectivity index (χ0) is 13.0. The normalized spacial score (nSPS) is 9.76. The van der Waals surface area contributed by atoms with Crippen molar-refractivity contribution in [2.24, 2.45) is 5.73 Å². The van der Waals surface area contributed by atoms with E-state index in [-0.39, 0.29) is 12.2 Å². The molecule has 1 rings (SSSR count). The fraction of sp³-hybridized carbons (Fsp3) is 0.250. The first-order valence-electron chi connectivity index (χ1n) is 5.10. The smallest absolute Gasteiger partial charge is 0.249 e. The third-order valence-corrected chi connectivity index (χ3v) is 2.20. The maximum absolute atomic E-state index is 11.3. The Morgan fingerprint density at radius 2 is 1.94 bits per heavy atom. The van der Waals surface area contributed by atoms with Crippen molar-refractivity contribution >= 4 is 23.3 Å². The van der Waals surface area contributed by atoms with Crippen LogP contribution in [0.3, 0.4) is 0 Å². The number of benzene rings is 1. The van der Waals surface area contributed by atoms with Crippen LogP contribution in [-0.2, 0) is 9.59 Å². The summed E-state index contributed by atoms with van der Waals surface area (Å²) in [5.41, 5.74) is 6.73. The Kier molecular flexibility index (Phi) is 3.98. The number of aryl methyl sites for hydroxylation is 1. The number of carbonyl (C=O) groups excluding carboxylic acids is 3. The van der Waals surface area contributed by atoms with Gasteiger partial charge in [-0.2, -0.15) is 0 Å². The highest BCUT2D eigenvalue weighted by Crippen LogP contribution is 2.15. The van der Waals surface area contributed by atoms with E-state index in [4.69, 9.17) is 5.73 Å². The first-order valence-corrected chi connectivity index (χ1v) is 5.10. The van der Waals surface area contributed by atoms with E-state index in [1.54, 1.807) is 19.1 Å². The van der Waals surface area contributed by atoms with Crippen LogP contribution in [0.15, 0.2) is 18.2 Å². The Morgan fingerprint density at radius 1 is 1.29 bits per heavy atom. The van der Waals surface area contributed by atoms with Crippen molar-refractivity contribution in [1.29, 1.82) is 0 Å². The van der Waals surface area contributed by atoms with Gasteiger partial charge < -0.3 is 11.1 Å². The zero-order valence-electron chi connectivity index (χ0n) is 9.74. The molecule has 0 unspecified atom stereocenters. The van der Waals surface area contributed by atoms with Crippen molar-refractivity contribution < 1.29 is 14.4 Å². The van der Waals surface area contributed by atoms with E-state index in [1.807, 2.05) is 0 Å². The first-order chi connectivity index (χ1) is 7.90. The van der Waals surface area contributed by atoms with Crippen LogP contribution in [0.1, 0.15) is 29.3 Å². The van der Waals surface area contributed by atoms with E-state index < -0.39 is 11.8 Å². The van der Waals surface area contributed by atoms with E-state index in [0.29, 0.717) is 11.3 Å². The highest BCUT2D eigenvalue weighted by atomic mass is 16.2. The number of carbonyl (C=O) groups is 3. The number of anilines is 1. The van der Waals surface area contributed by atoms with Gasteiger partial charge in [-0.3, -0.25) is 14.4 Å². The summed E-state index contributed by atoms with van der Waals surface area (Å²) in [5, 5.41) is 2.53. The second-order valence-electron chi connectivity index (χ2n) is 3.82. The molecule has 3 N–H and O–H groups in total. The van der Waals surface area contributed by atoms with E-state index in [2.05, 4.69) is 5.32 Å². The number of nitrogens with one attached hydrogen (secondary N) is 1. The lowest BCUT2D eigenvalue weighted by Crippen LogP contribution is -2.17. The van der Waals surface area contributed by atoms with Gasteiger partial charge in [-0.05, 0) is 31.5 Å². The van der Waals surface area contributed by atoms with Crippen LogP contribution in [0.4, 0.5) is 5.69 Å². The van der Waals surface area contributed by atoms with Crippen LogP contribution < -0.4 is 11.1 Å². The maximum Gasteiger partial charge on any atom is 0.249 e. The van der Waals surface area contributed by atoms with Gasteiger partial charge in [0.1, 0.15) is 5.78 Å². The molecule has 5 heteroatoms. The number of ketones is 1. The molecule has 5 nitrogen and oxygen atoms in total. The molecule has 0 atom stereocenters. The standard InChI is InChI=1S/C12H14N2O3/c1-7-3-4-9(6-10(7)12(13)17)14-11(16)5-8(2)15/h3-4,6H,5H2,1-2H3,(H2,13,17)(H,14,16). The van der Waals surface area contributed by atoms with E-state index in [1.165, 1.54) is 13.0 Å². The fourth-order valence-electron chi connectivity index (χ4n) is 1.40. The minimum atomic E-state index is -0.551. The molecule has 0 fully saturated rings. The molecule has 0 bridgehead atoms. The Hall–Kier alpha value is -2.17. The minimum absolute atomic E-state index is 0.181. The molecule has 1 aromatic rings. The molecule has 17 heavy (non-hydrogen) atoms. The van der Waals surface area contributed by atoms with Gasteiger partial charge >= 0.3 is 0 Å². The predicted molar refractivity (Wildman–Crippen MR) is 63.6 cm³/mol. The Morgan fingerprint density at radius 3 is 2.47 bits per heavy atom. The highest BCUT2D eigenvalue weighted by Gasteiger charge is 2.09. The monoisotopic (exact) mass is 234 g/mol. The zero-order valence-corrected chi connectivity index (χ0v) is 9.74. The Balaban J connectivity index is 2.86. The molecule has 0 radical (unpaired) electrons. The van der Waals surface area contributed by atoms with Crippen molar-refractivity contribution in [2.45, 2.75) is 20.3 Å². The van der Waals surface area contributed by atoms with Crippen molar-refractivity contribution in [1.82, 2.24) is 0 Å². The van der Waals surface area contributed by atoms with E-state index in [0.717, 1.165) is 5.56 Å². The van der Waals surface area contributed by atoms with Gasteiger partial charge in [0, 0.05) is 11.3 Å². The summed E-state index contributed by atoms with van der Waals surface area (Å²) >= 11 is 0. The van der Waals surface area contributed by atoms with Gasteiger partial charge in [0.25, 0.3) is 0 Å². The minimum Gasteiger partial charge on any atom is -0.366 e. The number of amides is 2. The third kappa shape index (κ3) is 3.71. The second-order valence-corrected chi connectivity index (χ2v) is 3.82. The van der Waals surface area contributed by atoms with Gasteiger partial charge in [0.15, 0.2) is 0 Å². The average Bonchev–Trinajstić information content (AvgIpc) is 2.19. The van der Waals surface area contributed by atoms with Crippen molar-refractivity contribution in [3.63, 3.8) is 0 Å². The number of hydrogen-bond acceptors (Lipinski definition) is 3. The summed E-state index contributed by atoms with van der Waals surface area (Å²) in [4.78, 5) is 33.2. The molecule has 0 aliphatic carbocycles. The molecular formula is C12H14N2O3. The van der Waals surface area contributed by atoms with Gasteiger partial charge in [-0.25, -0.2) is 0 Å². The Labute approximate surface area is 99.0 Å². The molecule has 0 aliphatic rings. The fourth-order valence-corrected chi connectivity index (χ4v) is 1.40. The second kappa shape index (κ2) is 5.25. The number of primary amides is 1. The van der Waals surface area contributed by atoms with Crippen molar-refractivity contribution in [3.8, 4) is 0 Å². The molecule has 0 aliphatic heterocycles. The lowest BCUT2D eigenvalue weighted by molar-refractivity contribution is -0.124. The summed E-state index contributed by atoms with van der Waals surface area (Å²) in [6.07, 6.45) is -0.181. The number of nitrogens with two attached hydrogens (primary N) is 1. The summed E-state index contributed by atoms with van der Waals surface area (Å²) in [6, 6.07) is 4.83. The average molecular weight is 234 g/mol. The van der Waals surface area contributed by atoms with E-state index in [9.17, 15) is 14.4 Å². The Bertz CT molecular complexity index is 481. The number of rotatable bonds is 4. The molecule has 0 aromatic heterocycles. The van der Waals surface area contributed by atoms with Crippen molar-refractivity contribution in [3.05, 3.63) is 29.3 Å². The summed E-state index contributed by atoms with van der Waals surface area (Å²) in [6.45, 7) is 3.09. The van der Waals surface area contributed by atoms with Gasteiger partial charge in [-0.1, -0.05) is 6.07 Å². The summed E-state index contributed by atoms with van der Waals surface area (Å²) in [7, 11) is 0. The lowest BCUT2D eigenvalue weighted by Gasteiger charge is -2.07. The van der Waals surface area contributed by atoms with Crippen LogP contribution >= 0.6 is 0 Å². The van der Waals surface area contributed by atoms with Gasteiger partial charge in [-0.15, -0.1) is 0 Å². The lowest BCUT2D eigenvalue weighted by atomic mass is 10.1. The number of Topliss-reactive ketones (excluding diaryl/α,β-unsaturated/α-hetero) is 1. The molecule has 0 spiro atoms. The molecule has 2 amide bonds. The quantitative estimate of drug-likeness (QED) is 0.762. The number of hydrogen-bond donors (Lipinski definition) is 2. The molecule has 0 saturated carbocycles. The molecular weight excluding hydrogens is 220 g/mol. The van der Waals surface area contributed by atoms with Crippen LogP contribution in [0.5, 0.6) is 0 Å². The van der Waals surface area contributed by atoms with Crippen molar-refractivity contribution in [2.75, 3.05) is 5.32 Å². The van der Waals surface area contributed by atoms with Crippen LogP contribution in [0.2, 0.25) is 0 Å². The molecule has 0 heterocycles. The van der Waals surface area contributed by atoms with Crippen LogP contribution in [0.25, 0.3) is 0 Å². The van der Waals surface area contributed by atoms with Gasteiger partial charge in [0.2, 0.25) is 11.8 Å². The summed E-state index contributed by atoms with van der Waals surface area (Å²) < 4.78 is 0. The highest BCUT2D eigenvalue weighted by molar-refractivity contribution is 6.04. The SMILES string of the molecule is CC(=O)CC(=O)Nc1ccc(C)c(C(N)=O)c1. The maximum atomic E-state index is 11.3. The van der Waals surface area contributed by atoms with Gasteiger partial charge in [0.05, 0.1) is 6.42 Å². The topological polar surface area (TPSA) is 89.3 Å². The van der Waals surface area contributed by atoms with Crippen LogP contribution in [-0.4, -0.2) is 17.6 Å². The molecule has 0 saturated heterocycles.